The van der Waals surface area contributed by atoms with Crippen LogP contribution in [0.25, 0.3) is 0 Å². The van der Waals surface area contributed by atoms with Crippen LogP contribution in [0.5, 0.6) is 5.75 Å². The molecule has 1 aliphatic rings. The summed E-state index contributed by atoms with van der Waals surface area (Å²) in [6.07, 6.45) is 2.77. The van der Waals surface area contributed by atoms with Crippen molar-refractivity contribution in [2.75, 3.05) is 12.4 Å². The summed E-state index contributed by atoms with van der Waals surface area (Å²) in [4.78, 5) is 12.4. The van der Waals surface area contributed by atoms with Gasteiger partial charge in [-0.3, -0.25) is 4.79 Å². The van der Waals surface area contributed by atoms with Crippen LogP contribution in [0.2, 0.25) is 0 Å². The molecule has 110 valence electrons. The summed E-state index contributed by atoms with van der Waals surface area (Å²) >= 11 is 0. The van der Waals surface area contributed by atoms with Crippen LogP contribution in [0.15, 0.2) is 28.8 Å². The molecule has 5 nitrogen and oxygen atoms in total. The maximum absolute atomic E-state index is 12.4. The molecule has 0 aliphatic heterocycles. The zero-order valence-electron chi connectivity index (χ0n) is 12.2. The number of hydrogen-bond donors (Lipinski definition) is 1. The zero-order valence-corrected chi connectivity index (χ0v) is 12.2. The molecule has 1 atom stereocenters. The van der Waals surface area contributed by atoms with Crippen molar-refractivity contribution in [2.45, 2.75) is 26.2 Å². The maximum Gasteiger partial charge on any atom is 0.278 e. The Hall–Kier alpha value is -2.30. The average molecular weight is 286 g/mol. The molecule has 5 heteroatoms. The van der Waals surface area contributed by atoms with Gasteiger partial charge in [0.2, 0.25) is 0 Å². The van der Waals surface area contributed by atoms with Crippen molar-refractivity contribution >= 4 is 11.6 Å². The van der Waals surface area contributed by atoms with Crippen LogP contribution >= 0.6 is 0 Å². The van der Waals surface area contributed by atoms with Crippen LogP contribution in [0, 0.1) is 5.92 Å². The van der Waals surface area contributed by atoms with E-state index < -0.39 is 0 Å². The van der Waals surface area contributed by atoms with Crippen LogP contribution in [0.3, 0.4) is 0 Å². The minimum atomic E-state index is -0.251. The fourth-order valence-electron chi connectivity index (χ4n) is 2.69. The Kier molecular flexibility index (Phi) is 3.64. The van der Waals surface area contributed by atoms with Gasteiger partial charge in [0.05, 0.1) is 12.8 Å². The first-order chi connectivity index (χ1) is 10.2. The number of rotatable bonds is 3. The van der Waals surface area contributed by atoms with Gasteiger partial charge < -0.3 is 14.6 Å². The number of hydrogen-bond acceptors (Lipinski definition) is 4. The fourth-order valence-corrected chi connectivity index (χ4v) is 2.69. The highest BCUT2D eigenvalue weighted by Gasteiger charge is 2.27. The first-order valence-electron chi connectivity index (χ1n) is 7.11. The van der Waals surface area contributed by atoms with Gasteiger partial charge >= 0.3 is 0 Å². The van der Waals surface area contributed by atoms with Crippen molar-refractivity contribution in [3.8, 4) is 5.75 Å². The van der Waals surface area contributed by atoms with Crippen LogP contribution in [-0.2, 0) is 12.8 Å². The Morgan fingerprint density at radius 1 is 1.43 bits per heavy atom. The van der Waals surface area contributed by atoms with E-state index in [9.17, 15) is 4.79 Å². The molecule has 0 spiro atoms. The van der Waals surface area contributed by atoms with Crippen LogP contribution in [0.4, 0.5) is 5.69 Å². The highest BCUT2D eigenvalue weighted by molar-refractivity contribution is 6.04. The highest BCUT2D eigenvalue weighted by atomic mass is 16.5. The van der Waals surface area contributed by atoms with Crippen molar-refractivity contribution in [2.24, 2.45) is 5.92 Å². The molecule has 1 aromatic heterocycles. The Balaban J connectivity index is 1.85. The largest absolute Gasteiger partial charge is 0.495 e. The van der Waals surface area contributed by atoms with Gasteiger partial charge in [-0.1, -0.05) is 24.2 Å². The number of nitrogens with zero attached hydrogens (tertiary/aromatic N) is 1. The average Bonchev–Trinajstić information content (AvgIpc) is 2.90. The molecule has 1 N–H and O–H groups in total. The van der Waals surface area contributed by atoms with Gasteiger partial charge in [-0.05, 0) is 30.9 Å². The summed E-state index contributed by atoms with van der Waals surface area (Å²) in [6, 6.07) is 7.30. The lowest BCUT2D eigenvalue weighted by Gasteiger charge is -2.16. The summed E-state index contributed by atoms with van der Waals surface area (Å²) in [6.45, 7) is 2.18. The molecule has 1 aliphatic carbocycles. The van der Waals surface area contributed by atoms with Gasteiger partial charge in [-0.15, -0.1) is 0 Å². The lowest BCUT2D eigenvalue weighted by molar-refractivity contribution is 0.101. The second kappa shape index (κ2) is 5.60. The first-order valence-corrected chi connectivity index (χ1v) is 7.11. The molecule has 1 amide bonds. The zero-order chi connectivity index (χ0) is 14.8. The molecule has 1 unspecified atom stereocenters. The van der Waals surface area contributed by atoms with Crippen LogP contribution in [-0.4, -0.2) is 18.2 Å². The summed E-state index contributed by atoms with van der Waals surface area (Å²) < 4.78 is 10.5. The topological polar surface area (TPSA) is 64.4 Å². The van der Waals surface area contributed by atoms with Crippen molar-refractivity contribution in [1.82, 2.24) is 5.16 Å². The Morgan fingerprint density at radius 3 is 3.05 bits per heavy atom. The van der Waals surface area contributed by atoms with Crippen molar-refractivity contribution in [1.29, 1.82) is 0 Å². The predicted molar refractivity (Wildman–Crippen MR) is 78.6 cm³/mol. The van der Waals surface area contributed by atoms with E-state index >= 15 is 0 Å². The summed E-state index contributed by atoms with van der Waals surface area (Å²) in [5.41, 5.74) is 1.97. The van der Waals surface area contributed by atoms with Gasteiger partial charge in [0.15, 0.2) is 5.69 Å². The number of aryl methyl sites for hydroxylation is 1. The second-order valence-electron chi connectivity index (χ2n) is 5.44. The molecule has 0 fully saturated rings. The normalized spacial score (nSPS) is 17.1. The number of aromatic nitrogens is 1. The summed E-state index contributed by atoms with van der Waals surface area (Å²) in [5, 5.41) is 6.80. The number of benzene rings is 1. The number of carbonyl (C=O) groups is 1. The number of para-hydroxylation sites is 2. The molecule has 3 rings (SSSR count). The monoisotopic (exact) mass is 286 g/mol. The van der Waals surface area contributed by atoms with E-state index in [-0.39, 0.29) is 5.91 Å². The van der Waals surface area contributed by atoms with E-state index in [1.54, 1.807) is 19.2 Å². The third-order valence-electron chi connectivity index (χ3n) is 3.86. The standard InChI is InChI=1S/C16H18N2O3/c1-10-7-8-13-11(9-10)15(18-21-13)16(19)17-12-5-3-4-6-14(12)20-2/h3-6,10H,7-9H2,1-2H3,(H,17,19). The number of nitrogens with one attached hydrogen (secondary N) is 1. The second-order valence-corrected chi connectivity index (χ2v) is 5.44. The summed E-state index contributed by atoms with van der Waals surface area (Å²) in [7, 11) is 1.57. The third kappa shape index (κ3) is 2.63. The lowest BCUT2D eigenvalue weighted by atomic mass is 9.88. The van der Waals surface area contributed by atoms with Gasteiger partial charge in [0.1, 0.15) is 11.5 Å². The number of amides is 1. The van der Waals surface area contributed by atoms with Crippen molar-refractivity contribution in [3.63, 3.8) is 0 Å². The smallest absolute Gasteiger partial charge is 0.278 e. The first kappa shape index (κ1) is 13.7. The fraction of sp³-hybridized carbons (Fsp3) is 0.375. The van der Waals surface area contributed by atoms with Gasteiger partial charge in [-0.25, -0.2) is 0 Å². The van der Waals surface area contributed by atoms with E-state index in [0.717, 1.165) is 30.6 Å². The van der Waals surface area contributed by atoms with E-state index in [1.165, 1.54) is 0 Å². The Morgan fingerprint density at radius 2 is 2.24 bits per heavy atom. The number of carbonyl (C=O) groups excluding carboxylic acids is 1. The lowest BCUT2D eigenvalue weighted by Crippen LogP contribution is -2.18. The molecular weight excluding hydrogens is 268 g/mol. The van der Waals surface area contributed by atoms with Gasteiger partial charge in [-0.2, -0.15) is 0 Å². The van der Waals surface area contributed by atoms with Crippen molar-refractivity contribution in [3.05, 3.63) is 41.3 Å². The van der Waals surface area contributed by atoms with E-state index in [2.05, 4.69) is 17.4 Å². The van der Waals surface area contributed by atoms with Gasteiger partial charge in [0, 0.05) is 12.0 Å². The molecule has 2 aromatic rings. The SMILES string of the molecule is COc1ccccc1NC(=O)c1noc2c1CC(C)CC2. The van der Waals surface area contributed by atoms with Crippen LogP contribution < -0.4 is 10.1 Å². The Bertz CT molecular complexity index is 663. The molecule has 1 heterocycles. The predicted octanol–water partition coefficient (Wildman–Crippen LogP) is 3.06. The van der Waals surface area contributed by atoms with E-state index in [4.69, 9.17) is 9.26 Å². The number of ether oxygens (including phenoxy) is 1. The quantitative estimate of drug-likeness (QED) is 0.941. The highest BCUT2D eigenvalue weighted by Crippen LogP contribution is 2.29. The molecule has 21 heavy (non-hydrogen) atoms. The Labute approximate surface area is 123 Å². The van der Waals surface area contributed by atoms with Crippen LogP contribution in [0.1, 0.15) is 35.2 Å². The van der Waals surface area contributed by atoms with E-state index in [1.807, 2.05) is 12.1 Å². The number of methoxy groups -OCH3 is 1. The minimum Gasteiger partial charge on any atom is -0.495 e. The maximum atomic E-state index is 12.4. The molecule has 0 radical (unpaired) electrons. The molecular formula is C16H18N2O3. The number of anilines is 1. The molecule has 0 bridgehead atoms. The van der Waals surface area contributed by atoms with Gasteiger partial charge in [0.25, 0.3) is 5.91 Å². The molecule has 0 saturated heterocycles. The molecule has 1 aromatic carbocycles. The molecule has 0 saturated carbocycles. The third-order valence-corrected chi connectivity index (χ3v) is 3.86. The number of fused-ring (bicyclic) bond motifs is 1. The summed E-state index contributed by atoms with van der Waals surface area (Å²) in [5.74, 6) is 1.77. The minimum absolute atomic E-state index is 0.251. The van der Waals surface area contributed by atoms with E-state index in [0.29, 0.717) is 23.0 Å². The van der Waals surface area contributed by atoms with Crippen molar-refractivity contribution < 1.29 is 14.1 Å².